The molecule has 0 aliphatic rings. The molecule has 0 heterocycles. The van der Waals surface area contributed by atoms with Gasteiger partial charge in [0.25, 0.3) is 0 Å². The average molecular weight is 173 g/mol. The molecule has 0 aromatic heterocycles. The van der Waals surface area contributed by atoms with Gasteiger partial charge in [-0.15, -0.1) is 0 Å². The maximum absolute atomic E-state index is 5.63. The molecule has 2 heteroatoms. The zero-order chi connectivity index (χ0) is 9.40. The molecule has 0 spiro atoms. The van der Waals surface area contributed by atoms with Crippen molar-refractivity contribution in [2.24, 2.45) is 0 Å². The summed E-state index contributed by atoms with van der Waals surface area (Å²) in [5.74, 6) is 0. The van der Waals surface area contributed by atoms with Crippen molar-refractivity contribution in [3.05, 3.63) is 0 Å². The zero-order valence-electron chi connectivity index (χ0n) is 8.89. The molecule has 0 aliphatic carbocycles. The fourth-order valence-corrected chi connectivity index (χ4v) is 1.32. The van der Waals surface area contributed by atoms with Gasteiger partial charge in [-0.2, -0.15) is 0 Å². The van der Waals surface area contributed by atoms with E-state index in [4.69, 9.17) is 4.74 Å². The molecule has 0 aromatic rings. The average Bonchev–Trinajstić information content (AvgIpc) is 2.10. The summed E-state index contributed by atoms with van der Waals surface area (Å²) in [7, 11) is 0. The lowest BCUT2D eigenvalue weighted by Gasteiger charge is -2.23. The standard InChI is InChI=1S/C10H23NO/c1-5-8-12-9(4)10(6-2)11-7-3/h9-11H,5-8H2,1-4H3. The molecule has 2 unspecified atom stereocenters. The molecule has 0 saturated heterocycles. The SMILES string of the molecule is CCCOC(C)C(CC)NCC. The summed E-state index contributed by atoms with van der Waals surface area (Å²) in [5.41, 5.74) is 0. The summed E-state index contributed by atoms with van der Waals surface area (Å²) < 4.78 is 5.63. The van der Waals surface area contributed by atoms with Crippen LogP contribution in [0.1, 0.15) is 40.5 Å². The Bertz CT molecular complexity index is 95.8. The molecule has 12 heavy (non-hydrogen) atoms. The first kappa shape index (κ1) is 11.9. The molecule has 0 amide bonds. The molecular formula is C10H23NO. The smallest absolute Gasteiger partial charge is 0.0699 e. The van der Waals surface area contributed by atoms with E-state index in [1.807, 2.05) is 0 Å². The zero-order valence-corrected chi connectivity index (χ0v) is 8.89. The third-order valence-corrected chi connectivity index (χ3v) is 2.06. The van der Waals surface area contributed by atoms with Gasteiger partial charge in [0.1, 0.15) is 0 Å². The van der Waals surface area contributed by atoms with Crippen LogP contribution in [-0.2, 0) is 4.74 Å². The highest BCUT2D eigenvalue weighted by Crippen LogP contribution is 2.03. The van der Waals surface area contributed by atoms with E-state index in [2.05, 4.69) is 33.0 Å². The van der Waals surface area contributed by atoms with Crippen LogP contribution in [0.25, 0.3) is 0 Å². The summed E-state index contributed by atoms with van der Waals surface area (Å²) in [6.07, 6.45) is 2.58. The van der Waals surface area contributed by atoms with Crippen molar-refractivity contribution in [3.8, 4) is 0 Å². The molecule has 74 valence electrons. The molecule has 2 atom stereocenters. The Morgan fingerprint density at radius 1 is 1.25 bits per heavy atom. The maximum atomic E-state index is 5.63. The Morgan fingerprint density at radius 2 is 1.92 bits per heavy atom. The van der Waals surface area contributed by atoms with Gasteiger partial charge in [-0.1, -0.05) is 20.8 Å². The normalized spacial score (nSPS) is 16.0. The summed E-state index contributed by atoms with van der Waals surface area (Å²) >= 11 is 0. The van der Waals surface area contributed by atoms with Crippen molar-refractivity contribution in [2.75, 3.05) is 13.2 Å². The van der Waals surface area contributed by atoms with Crippen LogP contribution in [0.3, 0.4) is 0 Å². The van der Waals surface area contributed by atoms with E-state index in [0.717, 1.165) is 26.0 Å². The van der Waals surface area contributed by atoms with Gasteiger partial charge in [-0.25, -0.2) is 0 Å². The highest BCUT2D eigenvalue weighted by atomic mass is 16.5. The second kappa shape index (κ2) is 7.56. The Morgan fingerprint density at radius 3 is 2.33 bits per heavy atom. The molecule has 0 radical (unpaired) electrons. The van der Waals surface area contributed by atoms with Gasteiger partial charge in [-0.3, -0.25) is 0 Å². The molecule has 2 nitrogen and oxygen atoms in total. The van der Waals surface area contributed by atoms with Crippen LogP contribution in [0.15, 0.2) is 0 Å². The molecule has 1 N–H and O–H groups in total. The van der Waals surface area contributed by atoms with Crippen molar-refractivity contribution in [3.63, 3.8) is 0 Å². The fraction of sp³-hybridized carbons (Fsp3) is 1.00. The molecule has 0 bridgehead atoms. The predicted molar refractivity (Wildman–Crippen MR) is 53.5 cm³/mol. The van der Waals surface area contributed by atoms with Crippen molar-refractivity contribution in [2.45, 2.75) is 52.7 Å². The maximum Gasteiger partial charge on any atom is 0.0699 e. The monoisotopic (exact) mass is 173 g/mol. The van der Waals surface area contributed by atoms with Crippen LogP contribution < -0.4 is 5.32 Å². The third kappa shape index (κ3) is 4.73. The highest BCUT2D eigenvalue weighted by molar-refractivity contribution is 4.71. The molecule has 0 saturated carbocycles. The minimum absolute atomic E-state index is 0.342. The van der Waals surface area contributed by atoms with E-state index >= 15 is 0 Å². The number of ether oxygens (including phenoxy) is 1. The number of hydrogen-bond acceptors (Lipinski definition) is 2. The summed E-state index contributed by atoms with van der Waals surface area (Å²) in [5, 5.41) is 3.42. The molecule has 0 aromatic carbocycles. The van der Waals surface area contributed by atoms with E-state index in [1.54, 1.807) is 0 Å². The minimum atomic E-state index is 0.342. The molecule has 0 rings (SSSR count). The van der Waals surface area contributed by atoms with Gasteiger partial charge in [0, 0.05) is 12.6 Å². The second-order valence-electron chi connectivity index (χ2n) is 3.15. The Labute approximate surface area is 76.7 Å². The highest BCUT2D eigenvalue weighted by Gasteiger charge is 2.13. The molecular weight excluding hydrogens is 150 g/mol. The van der Waals surface area contributed by atoms with E-state index < -0.39 is 0 Å². The minimum Gasteiger partial charge on any atom is -0.377 e. The lowest BCUT2D eigenvalue weighted by Crippen LogP contribution is -2.39. The number of likely N-dealkylation sites (N-methyl/N-ethyl adjacent to an activating group) is 1. The van der Waals surface area contributed by atoms with Crippen LogP contribution >= 0.6 is 0 Å². The molecule has 0 aliphatic heterocycles. The Hall–Kier alpha value is -0.0800. The number of nitrogens with one attached hydrogen (secondary N) is 1. The lowest BCUT2D eigenvalue weighted by atomic mass is 10.1. The van der Waals surface area contributed by atoms with E-state index in [0.29, 0.717) is 12.1 Å². The van der Waals surface area contributed by atoms with Gasteiger partial charge in [-0.05, 0) is 26.3 Å². The van der Waals surface area contributed by atoms with Gasteiger partial charge in [0.2, 0.25) is 0 Å². The van der Waals surface area contributed by atoms with E-state index in [1.165, 1.54) is 0 Å². The lowest BCUT2D eigenvalue weighted by molar-refractivity contribution is 0.0387. The first-order valence-corrected chi connectivity index (χ1v) is 5.11. The number of hydrogen-bond donors (Lipinski definition) is 1. The largest absolute Gasteiger partial charge is 0.377 e. The van der Waals surface area contributed by atoms with Crippen LogP contribution in [0.5, 0.6) is 0 Å². The number of rotatable bonds is 7. The third-order valence-electron chi connectivity index (χ3n) is 2.06. The van der Waals surface area contributed by atoms with Crippen molar-refractivity contribution < 1.29 is 4.74 Å². The topological polar surface area (TPSA) is 21.3 Å². The summed E-state index contributed by atoms with van der Waals surface area (Å²) in [6, 6.07) is 0.515. The van der Waals surface area contributed by atoms with Crippen molar-refractivity contribution in [1.82, 2.24) is 5.32 Å². The van der Waals surface area contributed by atoms with Gasteiger partial charge < -0.3 is 10.1 Å². The fourth-order valence-electron chi connectivity index (χ4n) is 1.32. The van der Waals surface area contributed by atoms with Crippen molar-refractivity contribution >= 4 is 0 Å². The first-order chi connectivity index (χ1) is 5.76. The van der Waals surface area contributed by atoms with Gasteiger partial charge in [0.15, 0.2) is 0 Å². The van der Waals surface area contributed by atoms with Crippen molar-refractivity contribution in [1.29, 1.82) is 0 Å². The van der Waals surface area contributed by atoms with Crippen LogP contribution in [0.4, 0.5) is 0 Å². The van der Waals surface area contributed by atoms with Crippen LogP contribution in [-0.4, -0.2) is 25.3 Å². The Balaban J connectivity index is 3.60. The van der Waals surface area contributed by atoms with E-state index in [-0.39, 0.29) is 0 Å². The van der Waals surface area contributed by atoms with E-state index in [9.17, 15) is 0 Å². The van der Waals surface area contributed by atoms with Gasteiger partial charge >= 0.3 is 0 Å². The van der Waals surface area contributed by atoms with Gasteiger partial charge in [0.05, 0.1) is 6.10 Å². The quantitative estimate of drug-likeness (QED) is 0.637. The second-order valence-corrected chi connectivity index (χ2v) is 3.15. The van der Waals surface area contributed by atoms with Crippen LogP contribution in [0, 0.1) is 0 Å². The first-order valence-electron chi connectivity index (χ1n) is 5.11. The molecule has 0 fully saturated rings. The summed E-state index contributed by atoms with van der Waals surface area (Å²) in [6.45, 7) is 10.5. The Kier molecular flexibility index (Phi) is 7.51. The predicted octanol–water partition coefficient (Wildman–Crippen LogP) is 2.19. The summed E-state index contributed by atoms with van der Waals surface area (Å²) in [4.78, 5) is 0. The van der Waals surface area contributed by atoms with Crippen LogP contribution in [0.2, 0.25) is 0 Å².